The Morgan fingerprint density at radius 3 is 2.84 bits per heavy atom. The topological polar surface area (TPSA) is 53.6 Å². The SMILES string of the molecule is Clc1ccc(C2CNC3c4nnccc4CCc4c[nH]c2c43)c(Cl)c1. The van der Waals surface area contributed by atoms with Crippen molar-refractivity contribution >= 4 is 23.2 Å². The summed E-state index contributed by atoms with van der Waals surface area (Å²) in [5, 5.41) is 13.6. The molecule has 2 aliphatic rings. The van der Waals surface area contributed by atoms with Gasteiger partial charge in [-0.05, 0) is 53.3 Å². The normalized spacial score (nSPS) is 21.4. The Balaban J connectivity index is 1.65. The van der Waals surface area contributed by atoms with Crippen molar-refractivity contribution in [2.45, 2.75) is 24.8 Å². The number of hydrogen-bond acceptors (Lipinski definition) is 3. The van der Waals surface area contributed by atoms with Gasteiger partial charge >= 0.3 is 0 Å². The third-order valence-electron chi connectivity index (χ3n) is 5.31. The van der Waals surface area contributed by atoms with Gasteiger partial charge in [0.05, 0.1) is 11.7 Å². The number of hydrogen-bond donors (Lipinski definition) is 2. The Labute approximate surface area is 155 Å². The molecule has 126 valence electrons. The van der Waals surface area contributed by atoms with Gasteiger partial charge in [-0.3, -0.25) is 0 Å². The van der Waals surface area contributed by atoms with E-state index in [0.29, 0.717) is 10.0 Å². The van der Waals surface area contributed by atoms with Crippen molar-refractivity contribution in [1.82, 2.24) is 20.5 Å². The molecule has 0 fully saturated rings. The van der Waals surface area contributed by atoms with Gasteiger partial charge in [-0.15, -0.1) is 0 Å². The van der Waals surface area contributed by atoms with Gasteiger partial charge in [0.2, 0.25) is 0 Å². The van der Waals surface area contributed by atoms with Crippen LogP contribution in [0.1, 0.15) is 45.6 Å². The van der Waals surface area contributed by atoms with Gasteiger partial charge in [0, 0.05) is 40.6 Å². The first-order valence-electron chi connectivity index (χ1n) is 8.41. The lowest BCUT2D eigenvalue weighted by Gasteiger charge is -2.31. The van der Waals surface area contributed by atoms with Crippen LogP contribution in [0.3, 0.4) is 0 Å². The Bertz CT molecular complexity index is 966. The molecule has 3 heterocycles. The van der Waals surface area contributed by atoms with E-state index >= 15 is 0 Å². The first-order valence-corrected chi connectivity index (χ1v) is 9.17. The largest absolute Gasteiger partial charge is 0.364 e. The van der Waals surface area contributed by atoms with Crippen molar-refractivity contribution in [3.05, 3.63) is 80.3 Å². The number of aromatic amines is 1. The minimum Gasteiger partial charge on any atom is -0.364 e. The quantitative estimate of drug-likeness (QED) is 0.679. The fourth-order valence-corrected chi connectivity index (χ4v) is 4.68. The number of halogens is 2. The lowest BCUT2D eigenvalue weighted by atomic mass is 9.85. The molecule has 0 spiro atoms. The molecule has 1 aliphatic carbocycles. The molecule has 2 unspecified atom stereocenters. The summed E-state index contributed by atoms with van der Waals surface area (Å²) in [6.45, 7) is 0.787. The molecule has 0 bridgehead atoms. The summed E-state index contributed by atoms with van der Waals surface area (Å²) in [5.74, 6) is 0.169. The molecule has 0 saturated carbocycles. The monoisotopic (exact) mass is 370 g/mol. The zero-order chi connectivity index (χ0) is 17.0. The molecule has 0 radical (unpaired) electrons. The van der Waals surface area contributed by atoms with Crippen LogP contribution >= 0.6 is 23.2 Å². The zero-order valence-electron chi connectivity index (χ0n) is 13.4. The Kier molecular flexibility index (Phi) is 3.59. The van der Waals surface area contributed by atoms with Gasteiger partial charge in [0.1, 0.15) is 0 Å². The van der Waals surface area contributed by atoms with Crippen LogP contribution in [0.4, 0.5) is 0 Å². The molecule has 1 aromatic carbocycles. The molecule has 5 rings (SSSR count). The number of aromatic nitrogens is 3. The summed E-state index contributed by atoms with van der Waals surface area (Å²) < 4.78 is 0. The van der Waals surface area contributed by atoms with E-state index in [1.54, 1.807) is 6.20 Å². The molecule has 2 aromatic heterocycles. The lowest BCUT2D eigenvalue weighted by Crippen LogP contribution is -2.35. The van der Waals surface area contributed by atoms with Crippen LogP contribution in [0.15, 0.2) is 36.7 Å². The van der Waals surface area contributed by atoms with Gasteiger partial charge in [-0.25, -0.2) is 0 Å². The fraction of sp³-hybridized carbons (Fsp3) is 0.263. The third kappa shape index (κ3) is 2.40. The number of fused-ring (bicyclic) bond motifs is 2. The molecule has 2 atom stereocenters. The maximum absolute atomic E-state index is 6.49. The molecule has 25 heavy (non-hydrogen) atoms. The predicted molar refractivity (Wildman–Crippen MR) is 98.4 cm³/mol. The van der Waals surface area contributed by atoms with Crippen LogP contribution < -0.4 is 5.32 Å². The van der Waals surface area contributed by atoms with Crippen LogP contribution in [0, 0.1) is 0 Å². The smallest absolute Gasteiger partial charge is 0.0878 e. The van der Waals surface area contributed by atoms with Crippen molar-refractivity contribution in [2.24, 2.45) is 0 Å². The molecule has 0 amide bonds. The number of aryl methyl sites for hydroxylation is 2. The minimum atomic E-state index is 0.0878. The van der Waals surface area contributed by atoms with Crippen molar-refractivity contribution in [3.8, 4) is 0 Å². The average Bonchev–Trinajstić information content (AvgIpc) is 2.97. The van der Waals surface area contributed by atoms with Crippen molar-refractivity contribution < 1.29 is 0 Å². The fourth-order valence-electron chi connectivity index (χ4n) is 4.14. The minimum absolute atomic E-state index is 0.0878. The van der Waals surface area contributed by atoms with Crippen LogP contribution in [0.5, 0.6) is 0 Å². The highest BCUT2D eigenvalue weighted by Gasteiger charge is 2.36. The summed E-state index contributed by atoms with van der Waals surface area (Å²) in [7, 11) is 0. The number of rotatable bonds is 1. The highest BCUT2D eigenvalue weighted by atomic mass is 35.5. The van der Waals surface area contributed by atoms with Crippen LogP contribution in [-0.2, 0) is 12.8 Å². The molecular formula is C19H16Cl2N4. The van der Waals surface area contributed by atoms with E-state index in [0.717, 1.165) is 30.6 Å². The molecule has 2 N–H and O–H groups in total. The standard InChI is InChI=1S/C19H16Cl2N4/c20-12-3-4-13(15(21)7-12)14-9-23-19-16-11(8-22-18(14)16)2-1-10-5-6-24-25-17(10)19/h3-8,14,19,22-23H,1-2,9H2. The number of benzene rings is 1. The van der Waals surface area contributed by atoms with E-state index in [4.69, 9.17) is 23.2 Å². The molecule has 0 saturated heterocycles. The van der Waals surface area contributed by atoms with Crippen LogP contribution in [0.2, 0.25) is 10.0 Å². The van der Waals surface area contributed by atoms with Crippen molar-refractivity contribution in [1.29, 1.82) is 0 Å². The second kappa shape index (κ2) is 5.84. The highest BCUT2D eigenvalue weighted by molar-refractivity contribution is 6.35. The van der Waals surface area contributed by atoms with Gasteiger partial charge in [-0.2, -0.15) is 10.2 Å². The summed E-state index contributed by atoms with van der Waals surface area (Å²) in [4.78, 5) is 3.52. The predicted octanol–water partition coefficient (Wildman–Crippen LogP) is 4.03. The van der Waals surface area contributed by atoms with Crippen LogP contribution in [-0.4, -0.2) is 21.7 Å². The van der Waals surface area contributed by atoms with Crippen molar-refractivity contribution in [2.75, 3.05) is 6.54 Å². The second-order valence-corrected chi connectivity index (χ2v) is 7.49. The van der Waals surface area contributed by atoms with Gasteiger partial charge in [0.25, 0.3) is 0 Å². The van der Waals surface area contributed by atoms with E-state index in [9.17, 15) is 0 Å². The Morgan fingerprint density at radius 1 is 1.08 bits per heavy atom. The third-order valence-corrected chi connectivity index (χ3v) is 5.88. The number of nitrogens with one attached hydrogen (secondary N) is 2. The van der Waals surface area contributed by atoms with E-state index < -0.39 is 0 Å². The number of nitrogens with zero attached hydrogens (tertiary/aromatic N) is 2. The van der Waals surface area contributed by atoms with Crippen molar-refractivity contribution in [3.63, 3.8) is 0 Å². The Morgan fingerprint density at radius 2 is 1.96 bits per heavy atom. The summed E-state index contributed by atoms with van der Waals surface area (Å²) >= 11 is 12.6. The molecule has 6 heteroatoms. The molecule has 3 aromatic rings. The van der Waals surface area contributed by atoms with E-state index in [1.807, 2.05) is 18.2 Å². The molecule has 4 nitrogen and oxygen atoms in total. The summed E-state index contributed by atoms with van der Waals surface area (Å²) in [6, 6.07) is 7.91. The van der Waals surface area contributed by atoms with Gasteiger partial charge in [0.15, 0.2) is 0 Å². The van der Waals surface area contributed by atoms with E-state index in [1.165, 1.54) is 22.4 Å². The van der Waals surface area contributed by atoms with Gasteiger partial charge in [-0.1, -0.05) is 29.3 Å². The summed E-state index contributed by atoms with van der Waals surface area (Å²) in [6.07, 6.45) is 5.91. The first-order chi connectivity index (χ1) is 12.2. The maximum atomic E-state index is 6.49. The first kappa shape index (κ1) is 15.4. The summed E-state index contributed by atoms with van der Waals surface area (Å²) in [5.41, 5.74) is 7.29. The number of H-pyrrole nitrogens is 1. The van der Waals surface area contributed by atoms with E-state index in [2.05, 4.69) is 32.8 Å². The van der Waals surface area contributed by atoms with Gasteiger partial charge < -0.3 is 10.3 Å². The maximum Gasteiger partial charge on any atom is 0.0878 e. The Hall–Kier alpha value is -1.88. The second-order valence-electron chi connectivity index (χ2n) is 6.64. The molecular weight excluding hydrogens is 355 g/mol. The lowest BCUT2D eigenvalue weighted by molar-refractivity contribution is 0.512. The van der Waals surface area contributed by atoms with Crippen LogP contribution in [0.25, 0.3) is 0 Å². The molecule has 1 aliphatic heterocycles. The highest BCUT2D eigenvalue weighted by Crippen LogP contribution is 2.42. The zero-order valence-corrected chi connectivity index (χ0v) is 14.9. The average molecular weight is 371 g/mol. The van der Waals surface area contributed by atoms with E-state index in [-0.39, 0.29) is 12.0 Å².